The van der Waals surface area contributed by atoms with Crippen LogP contribution in [0, 0.1) is 0 Å². The number of amides is 1. The molecule has 0 saturated heterocycles. The Morgan fingerprint density at radius 1 is 0.741 bits per heavy atom. The zero-order valence-corrected chi connectivity index (χ0v) is 15.7. The first-order valence-electron chi connectivity index (χ1n) is 9.19. The maximum absolute atomic E-state index is 13.4. The second-order valence-electron chi connectivity index (χ2n) is 6.80. The van der Waals surface area contributed by atoms with E-state index in [1.54, 1.807) is 11.9 Å². The molecule has 0 aromatic heterocycles. The van der Waals surface area contributed by atoms with Crippen molar-refractivity contribution in [1.82, 2.24) is 4.90 Å². The molecule has 0 spiro atoms. The van der Waals surface area contributed by atoms with Crippen molar-refractivity contribution in [2.45, 2.75) is 25.0 Å². The molecule has 0 unspecified atom stereocenters. The number of nitrogens with zero attached hydrogens (tertiary/aromatic N) is 1. The molecule has 0 aliphatic rings. The molecule has 2 atom stereocenters. The van der Waals surface area contributed by atoms with Gasteiger partial charge >= 0.3 is 0 Å². The molecule has 0 aliphatic carbocycles. The minimum Gasteiger partial charge on any atom is -0.386 e. The number of benzene rings is 3. The summed E-state index contributed by atoms with van der Waals surface area (Å²) in [6, 6.07) is 28.7. The summed E-state index contributed by atoms with van der Waals surface area (Å²) in [6.07, 6.45) is -0.743. The summed E-state index contributed by atoms with van der Waals surface area (Å²) in [5, 5.41) is 10.7. The number of likely N-dealkylation sites (N-methyl/N-ethyl adjacent to an activating group) is 1. The summed E-state index contributed by atoms with van der Waals surface area (Å²) in [5.74, 6) is -0.433. The van der Waals surface area contributed by atoms with Gasteiger partial charge in [-0.3, -0.25) is 4.79 Å². The monoisotopic (exact) mass is 359 g/mol. The Balaban J connectivity index is 1.89. The van der Waals surface area contributed by atoms with E-state index in [1.165, 1.54) is 0 Å². The summed E-state index contributed by atoms with van der Waals surface area (Å²) in [5.41, 5.74) is 2.70. The van der Waals surface area contributed by atoms with Crippen LogP contribution in [0.25, 0.3) is 0 Å². The van der Waals surface area contributed by atoms with Crippen LogP contribution in [0.2, 0.25) is 0 Å². The molecule has 0 bridgehead atoms. The Hall–Kier alpha value is -2.91. The zero-order chi connectivity index (χ0) is 19.2. The predicted octanol–water partition coefficient (Wildman–Crippen LogP) is 4.40. The highest BCUT2D eigenvalue weighted by Gasteiger charge is 2.31. The number of carbonyl (C=O) groups excluding carboxylic acids is 1. The van der Waals surface area contributed by atoms with Crippen LogP contribution in [0.1, 0.15) is 35.6 Å². The van der Waals surface area contributed by atoms with Crippen molar-refractivity contribution in [2.75, 3.05) is 7.05 Å². The van der Waals surface area contributed by atoms with Gasteiger partial charge in [0.2, 0.25) is 5.91 Å². The molecule has 3 aromatic rings. The Kier molecular flexibility index (Phi) is 6.05. The van der Waals surface area contributed by atoms with Gasteiger partial charge < -0.3 is 10.0 Å². The van der Waals surface area contributed by atoms with Crippen LogP contribution in [0.5, 0.6) is 0 Å². The fourth-order valence-corrected chi connectivity index (χ4v) is 3.31. The third-order valence-corrected chi connectivity index (χ3v) is 5.07. The molecule has 27 heavy (non-hydrogen) atoms. The molecule has 3 rings (SSSR count). The Bertz CT molecular complexity index is 810. The van der Waals surface area contributed by atoms with Crippen LogP contribution in [-0.2, 0) is 4.79 Å². The average Bonchev–Trinajstić information content (AvgIpc) is 2.74. The fraction of sp³-hybridized carbons (Fsp3) is 0.208. The van der Waals surface area contributed by atoms with E-state index >= 15 is 0 Å². The number of hydrogen-bond donors (Lipinski definition) is 1. The van der Waals surface area contributed by atoms with Crippen molar-refractivity contribution >= 4 is 5.91 Å². The van der Waals surface area contributed by atoms with Gasteiger partial charge in [-0.05, 0) is 23.6 Å². The number of aliphatic hydroxyl groups is 1. The molecular weight excluding hydrogens is 334 g/mol. The molecule has 0 heterocycles. The highest BCUT2D eigenvalue weighted by molar-refractivity contribution is 5.87. The summed E-state index contributed by atoms with van der Waals surface area (Å²) < 4.78 is 0. The first-order chi connectivity index (χ1) is 13.1. The lowest BCUT2D eigenvalue weighted by molar-refractivity contribution is -0.134. The van der Waals surface area contributed by atoms with Crippen LogP contribution < -0.4 is 0 Å². The zero-order valence-electron chi connectivity index (χ0n) is 15.7. The summed E-state index contributed by atoms with van der Waals surface area (Å²) >= 11 is 0. The van der Waals surface area contributed by atoms with Crippen LogP contribution in [-0.4, -0.2) is 29.0 Å². The Morgan fingerprint density at radius 3 is 1.52 bits per heavy atom. The second kappa shape index (κ2) is 8.65. The highest BCUT2D eigenvalue weighted by Crippen LogP contribution is 2.29. The van der Waals surface area contributed by atoms with Crippen molar-refractivity contribution in [3.05, 3.63) is 108 Å². The van der Waals surface area contributed by atoms with Gasteiger partial charge in [0.25, 0.3) is 0 Å². The summed E-state index contributed by atoms with van der Waals surface area (Å²) in [4.78, 5) is 15.1. The molecule has 1 N–H and O–H groups in total. The third kappa shape index (κ3) is 4.26. The largest absolute Gasteiger partial charge is 0.386 e. The molecule has 0 saturated carbocycles. The van der Waals surface area contributed by atoms with Gasteiger partial charge in [0, 0.05) is 7.05 Å². The van der Waals surface area contributed by atoms with Crippen LogP contribution in [0.4, 0.5) is 0 Å². The highest BCUT2D eigenvalue weighted by atomic mass is 16.3. The third-order valence-electron chi connectivity index (χ3n) is 5.07. The quantitative estimate of drug-likeness (QED) is 0.709. The first kappa shape index (κ1) is 18.9. The topological polar surface area (TPSA) is 40.5 Å². The lowest BCUT2D eigenvalue weighted by Gasteiger charge is -2.32. The van der Waals surface area contributed by atoms with Crippen LogP contribution in [0.3, 0.4) is 0 Å². The van der Waals surface area contributed by atoms with Crippen LogP contribution in [0.15, 0.2) is 91.0 Å². The number of carbonyl (C=O) groups is 1. The van der Waals surface area contributed by atoms with Crippen molar-refractivity contribution in [2.24, 2.45) is 0 Å². The lowest BCUT2D eigenvalue weighted by atomic mass is 9.89. The van der Waals surface area contributed by atoms with E-state index in [9.17, 15) is 9.90 Å². The molecular formula is C24H25NO2. The average molecular weight is 359 g/mol. The second-order valence-corrected chi connectivity index (χ2v) is 6.80. The van der Waals surface area contributed by atoms with Crippen molar-refractivity contribution < 1.29 is 9.90 Å². The van der Waals surface area contributed by atoms with E-state index in [1.807, 2.05) is 97.9 Å². The van der Waals surface area contributed by atoms with Gasteiger partial charge in [-0.15, -0.1) is 0 Å². The first-order valence-corrected chi connectivity index (χ1v) is 9.19. The van der Waals surface area contributed by atoms with E-state index in [4.69, 9.17) is 0 Å². The van der Waals surface area contributed by atoms with Gasteiger partial charge in [-0.1, -0.05) is 91.0 Å². The van der Waals surface area contributed by atoms with Gasteiger partial charge in [0.15, 0.2) is 0 Å². The van der Waals surface area contributed by atoms with E-state index in [-0.39, 0.29) is 11.9 Å². The van der Waals surface area contributed by atoms with Crippen molar-refractivity contribution in [3.63, 3.8) is 0 Å². The van der Waals surface area contributed by atoms with E-state index in [2.05, 4.69) is 0 Å². The van der Waals surface area contributed by atoms with Crippen LogP contribution >= 0.6 is 0 Å². The van der Waals surface area contributed by atoms with Gasteiger partial charge in [-0.25, -0.2) is 0 Å². The van der Waals surface area contributed by atoms with Crippen molar-refractivity contribution in [3.8, 4) is 0 Å². The molecule has 1 amide bonds. The van der Waals surface area contributed by atoms with E-state index in [0.717, 1.165) is 16.7 Å². The predicted molar refractivity (Wildman–Crippen MR) is 108 cm³/mol. The number of aliphatic hydroxyl groups excluding tert-OH is 1. The Morgan fingerprint density at radius 2 is 1.11 bits per heavy atom. The summed E-state index contributed by atoms with van der Waals surface area (Å²) in [6.45, 7) is 1.88. The Labute approximate surface area is 160 Å². The fourth-order valence-electron chi connectivity index (χ4n) is 3.31. The molecule has 0 aliphatic heterocycles. The van der Waals surface area contributed by atoms with Gasteiger partial charge in [0.1, 0.15) is 0 Å². The minimum absolute atomic E-state index is 0.0325. The van der Waals surface area contributed by atoms with Gasteiger partial charge in [0.05, 0.1) is 18.1 Å². The minimum atomic E-state index is -0.743. The van der Waals surface area contributed by atoms with E-state index < -0.39 is 12.0 Å². The molecule has 3 heteroatoms. The standard InChI is InChI=1S/C24H25NO2/c1-18(23(26)21-16-10-5-11-17-21)25(2)24(27)22(19-12-6-3-7-13-19)20-14-8-4-9-15-20/h3-18,22-23,26H,1-2H3/t18-,23-/m0/s1. The van der Waals surface area contributed by atoms with Crippen molar-refractivity contribution in [1.29, 1.82) is 0 Å². The molecule has 3 nitrogen and oxygen atoms in total. The van der Waals surface area contributed by atoms with E-state index in [0.29, 0.717) is 0 Å². The number of hydrogen-bond acceptors (Lipinski definition) is 2. The maximum atomic E-state index is 13.4. The number of rotatable bonds is 6. The molecule has 138 valence electrons. The smallest absolute Gasteiger partial charge is 0.234 e. The summed E-state index contributed by atoms with van der Waals surface area (Å²) in [7, 11) is 1.76. The SMILES string of the molecule is C[C@@H]([C@H](O)c1ccccc1)N(C)C(=O)C(c1ccccc1)c1ccccc1. The molecule has 0 radical (unpaired) electrons. The van der Waals surface area contributed by atoms with Gasteiger partial charge in [-0.2, -0.15) is 0 Å². The normalized spacial score (nSPS) is 13.2. The molecule has 3 aromatic carbocycles. The molecule has 0 fully saturated rings. The lowest BCUT2D eigenvalue weighted by Crippen LogP contribution is -2.41. The maximum Gasteiger partial charge on any atom is 0.234 e.